The smallest absolute Gasteiger partial charge is 0.0693 e. The molecule has 9 heteroatoms. The maximum atomic E-state index is 7.94. The van der Waals surface area contributed by atoms with Crippen molar-refractivity contribution in [2.75, 3.05) is 81.3 Å². The van der Waals surface area contributed by atoms with E-state index in [0.717, 1.165) is 0 Å². The first-order chi connectivity index (χ1) is 9.66. The van der Waals surface area contributed by atoms with Gasteiger partial charge in [0, 0.05) is 50.2 Å². The quantitative estimate of drug-likeness (QED) is 0.390. The first-order valence-corrected chi connectivity index (χ1v) is 6.05. The Morgan fingerprint density at radius 1 is 0.476 bits per heavy atom. The van der Waals surface area contributed by atoms with Gasteiger partial charge >= 0.3 is 0 Å². The molecule has 0 aromatic rings. The molecular formula is C12H32O8Ti. The van der Waals surface area contributed by atoms with E-state index >= 15 is 0 Å². The van der Waals surface area contributed by atoms with E-state index in [2.05, 4.69) is 18.9 Å². The number of methoxy groups -OCH3 is 4. The Morgan fingerprint density at radius 2 is 0.619 bits per heavy atom. The van der Waals surface area contributed by atoms with Crippen molar-refractivity contribution in [3.8, 4) is 0 Å². The molecule has 132 valence electrons. The summed E-state index contributed by atoms with van der Waals surface area (Å²) < 4.78 is 17.8. The SMILES string of the molecule is COCCO.COCCO.COCCO.COCCO.[Ti]. The molecule has 0 aliphatic rings. The second-order valence-electron chi connectivity index (χ2n) is 2.87. The van der Waals surface area contributed by atoms with Gasteiger partial charge in [-0.05, 0) is 0 Å². The van der Waals surface area contributed by atoms with Gasteiger partial charge in [-0.3, -0.25) is 0 Å². The van der Waals surface area contributed by atoms with Gasteiger partial charge in [0.05, 0.1) is 52.9 Å². The molecule has 0 aromatic heterocycles. The molecule has 0 heterocycles. The minimum absolute atomic E-state index is 0. The third kappa shape index (κ3) is 97.9. The average Bonchev–Trinajstić information content (AvgIpc) is 2.44. The minimum atomic E-state index is 0. The van der Waals surface area contributed by atoms with Gasteiger partial charge in [0.2, 0.25) is 0 Å². The summed E-state index contributed by atoms with van der Waals surface area (Å²) >= 11 is 0. The summed E-state index contributed by atoms with van der Waals surface area (Å²) in [5, 5.41) is 31.8. The van der Waals surface area contributed by atoms with Crippen LogP contribution in [0.5, 0.6) is 0 Å². The van der Waals surface area contributed by atoms with E-state index < -0.39 is 0 Å². The summed E-state index contributed by atoms with van der Waals surface area (Å²) in [6, 6.07) is 0. The Bertz CT molecular complexity index is 79.3. The number of ether oxygens (including phenoxy) is 4. The van der Waals surface area contributed by atoms with E-state index in [4.69, 9.17) is 20.4 Å². The monoisotopic (exact) mass is 352 g/mol. The van der Waals surface area contributed by atoms with Gasteiger partial charge in [-0.1, -0.05) is 0 Å². The predicted octanol–water partition coefficient (Wildman–Crippen LogP) is -1.50. The van der Waals surface area contributed by atoms with Crippen LogP contribution in [-0.2, 0) is 40.7 Å². The standard InChI is InChI=1S/4C3H8O2.Ti/c4*1-5-3-2-4;/h4*4H,2-3H2,1H3;. The van der Waals surface area contributed by atoms with Crippen molar-refractivity contribution in [1.82, 2.24) is 0 Å². The van der Waals surface area contributed by atoms with Crippen LogP contribution in [0.4, 0.5) is 0 Å². The molecule has 0 rings (SSSR count). The van der Waals surface area contributed by atoms with E-state index in [1.807, 2.05) is 0 Å². The summed E-state index contributed by atoms with van der Waals surface area (Å²) in [6.07, 6.45) is 0. The number of hydrogen-bond acceptors (Lipinski definition) is 8. The molecule has 0 unspecified atom stereocenters. The maximum absolute atomic E-state index is 7.94. The normalized spacial score (nSPS) is 8.00. The molecule has 0 aromatic carbocycles. The van der Waals surface area contributed by atoms with Gasteiger partial charge < -0.3 is 39.4 Å². The van der Waals surface area contributed by atoms with Crippen LogP contribution in [0.15, 0.2) is 0 Å². The number of aliphatic hydroxyl groups excluding tert-OH is 4. The van der Waals surface area contributed by atoms with Crippen LogP contribution in [0.3, 0.4) is 0 Å². The molecule has 0 spiro atoms. The second kappa shape index (κ2) is 49.9. The second-order valence-corrected chi connectivity index (χ2v) is 2.87. The largest absolute Gasteiger partial charge is 0.394 e. The van der Waals surface area contributed by atoms with E-state index in [-0.39, 0.29) is 48.1 Å². The first kappa shape index (κ1) is 33.1. The fraction of sp³-hybridized carbons (Fsp3) is 1.00. The van der Waals surface area contributed by atoms with Gasteiger partial charge in [0.25, 0.3) is 0 Å². The Morgan fingerprint density at radius 3 is 0.619 bits per heavy atom. The summed E-state index contributed by atoms with van der Waals surface area (Å²) in [5.74, 6) is 0. The molecule has 0 aliphatic heterocycles. The summed E-state index contributed by atoms with van der Waals surface area (Å²) in [5.41, 5.74) is 0. The minimum Gasteiger partial charge on any atom is -0.394 e. The molecule has 21 heavy (non-hydrogen) atoms. The summed E-state index contributed by atoms with van der Waals surface area (Å²) in [4.78, 5) is 0. The molecule has 0 atom stereocenters. The van der Waals surface area contributed by atoms with Crippen molar-refractivity contribution in [1.29, 1.82) is 0 Å². The molecule has 0 aliphatic carbocycles. The van der Waals surface area contributed by atoms with E-state index in [1.54, 1.807) is 28.4 Å². The van der Waals surface area contributed by atoms with Crippen molar-refractivity contribution >= 4 is 0 Å². The summed E-state index contributed by atoms with van der Waals surface area (Å²) in [7, 11) is 6.21. The zero-order valence-electron chi connectivity index (χ0n) is 13.6. The Balaban J connectivity index is -0.0000000533. The van der Waals surface area contributed by atoms with Crippen molar-refractivity contribution in [3.63, 3.8) is 0 Å². The van der Waals surface area contributed by atoms with Gasteiger partial charge in [0.1, 0.15) is 0 Å². The van der Waals surface area contributed by atoms with Crippen LogP contribution < -0.4 is 0 Å². The van der Waals surface area contributed by atoms with Gasteiger partial charge in [-0.25, -0.2) is 0 Å². The van der Waals surface area contributed by atoms with Crippen LogP contribution in [-0.4, -0.2) is 102 Å². The molecule has 0 bridgehead atoms. The Labute approximate surface area is 142 Å². The molecule has 0 fully saturated rings. The molecule has 0 saturated heterocycles. The molecule has 0 amide bonds. The third-order valence-corrected chi connectivity index (χ3v) is 1.18. The van der Waals surface area contributed by atoms with Crippen LogP contribution in [0.2, 0.25) is 0 Å². The van der Waals surface area contributed by atoms with Crippen LogP contribution in [0, 0.1) is 0 Å². The topological polar surface area (TPSA) is 118 Å². The van der Waals surface area contributed by atoms with Crippen LogP contribution in [0.25, 0.3) is 0 Å². The number of rotatable bonds is 8. The predicted molar refractivity (Wildman–Crippen MR) is 75.8 cm³/mol. The van der Waals surface area contributed by atoms with Crippen molar-refractivity contribution < 1.29 is 61.1 Å². The van der Waals surface area contributed by atoms with Gasteiger partial charge in [-0.2, -0.15) is 0 Å². The molecule has 4 N–H and O–H groups in total. The van der Waals surface area contributed by atoms with Gasteiger partial charge in [-0.15, -0.1) is 0 Å². The van der Waals surface area contributed by atoms with Crippen LogP contribution in [0.1, 0.15) is 0 Å². The molecule has 8 nitrogen and oxygen atoms in total. The fourth-order valence-corrected chi connectivity index (χ4v) is 0.365. The number of hydrogen-bond donors (Lipinski definition) is 4. The third-order valence-electron chi connectivity index (χ3n) is 1.18. The maximum Gasteiger partial charge on any atom is 0.0693 e. The van der Waals surface area contributed by atoms with Crippen molar-refractivity contribution in [2.45, 2.75) is 0 Å². The zero-order chi connectivity index (χ0) is 16.5. The first-order valence-electron chi connectivity index (χ1n) is 6.05. The Kier molecular flexibility index (Phi) is 78.7. The van der Waals surface area contributed by atoms with Crippen LogP contribution >= 0.6 is 0 Å². The number of aliphatic hydroxyl groups is 4. The molecule has 0 radical (unpaired) electrons. The van der Waals surface area contributed by atoms with Crippen molar-refractivity contribution in [2.24, 2.45) is 0 Å². The fourth-order valence-electron chi connectivity index (χ4n) is 0.365. The molecule has 0 saturated carbocycles. The van der Waals surface area contributed by atoms with Crippen molar-refractivity contribution in [3.05, 3.63) is 0 Å². The molecular weight excluding hydrogens is 320 g/mol. The van der Waals surface area contributed by atoms with E-state index in [0.29, 0.717) is 26.4 Å². The zero-order valence-corrected chi connectivity index (χ0v) is 15.1. The average molecular weight is 352 g/mol. The van der Waals surface area contributed by atoms with Gasteiger partial charge in [0.15, 0.2) is 0 Å². The van der Waals surface area contributed by atoms with E-state index in [9.17, 15) is 0 Å². The summed E-state index contributed by atoms with van der Waals surface area (Å²) in [6.45, 7) is 2.26. The van der Waals surface area contributed by atoms with E-state index in [1.165, 1.54) is 0 Å². The Hall–Kier alpha value is 0.394.